The third-order valence-corrected chi connectivity index (χ3v) is 4.84. The number of aromatic amines is 1. The van der Waals surface area contributed by atoms with Crippen LogP contribution >= 0.6 is 0 Å². The molecule has 1 aliphatic rings. The molecule has 1 atom stereocenters. The van der Waals surface area contributed by atoms with Gasteiger partial charge in [-0.25, -0.2) is 4.98 Å². The van der Waals surface area contributed by atoms with Gasteiger partial charge in [-0.1, -0.05) is 35.0 Å². The van der Waals surface area contributed by atoms with Gasteiger partial charge in [-0.15, -0.1) is 0 Å². The molecule has 0 spiro atoms. The number of likely N-dealkylation sites (tertiary alicyclic amines) is 1. The Hall–Kier alpha value is -3.22. The van der Waals surface area contributed by atoms with Crippen molar-refractivity contribution in [1.29, 1.82) is 0 Å². The first-order chi connectivity index (χ1) is 13.0. The SMILES string of the molecule is Cc1ccc(-c2ncc(C(=O)N3CCC[C@@H]3c3cc(C)no3)c(=O)[nH]2)cc1. The first-order valence-corrected chi connectivity index (χ1v) is 8.93. The van der Waals surface area contributed by atoms with Gasteiger partial charge in [0.25, 0.3) is 11.5 Å². The highest BCUT2D eigenvalue weighted by molar-refractivity contribution is 5.94. The first-order valence-electron chi connectivity index (χ1n) is 8.93. The fourth-order valence-corrected chi connectivity index (χ4v) is 3.41. The van der Waals surface area contributed by atoms with E-state index in [2.05, 4.69) is 15.1 Å². The van der Waals surface area contributed by atoms with Gasteiger partial charge in [0, 0.05) is 24.4 Å². The molecule has 1 saturated heterocycles. The second kappa shape index (κ2) is 6.83. The minimum atomic E-state index is -0.440. The van der Waals surface area contributed by atoms with Gasteiger partial charge in [0.2, 0.25) is 0 Å². The number of hydrogen-bond donors (Lipinski definition) is 1. The summed E-state index contributed by atoms with van der Waals surface area (Å²) in [6.07, 6.45) is 2.99. The Bertz CT molecular complexity index is 1040. The quantitative estimate of drug-likeness (QED) is 0.771. The van der Waals surface area contributed by atoms with Gasteiger partial charge < -0.3 is 14.4 Å². The zero-order valence-electron chi connectivity index (χ0n) is 15.2. The van der Waals surface area contributed by atoms with E-state index in [0.717, 1.165) is 29.7 Å². The fraction of sp³-hybridized carbons (Fsp3) is 0.300. The molecule has 7 heteroatoms. The highest BCUT2D eigenvalue weighted by Gasteiger charge is 2.34. The molecular formula is C20H20N4O3. The van der Waals surface area contributed by atoms with Crippen molar-refractivity contribution in [3.8, 4) is 11.4 Å². The van der Waals surface area contributed by atoms with Gasteiger partial charge in [-0.2, -0.15) is 0 Å². The molecular weight excluding hydrogens is 344 g/mol. The monoisotopic (exact) mass is 364 g/mol. The molecule has 0 aliphatic carbocycles. The third kappa shape index (κ3) is 3.28. The van der Waals surface area contributed by atoms with Gasteiger partial charge in [0.1, 0.15) is 11.4 Å². The number of nitrogens with zero attached hydrogens (tertiary/aromatic N) is 3. The Kier molecular flexibility index (Phi) is 4.35. The van der Waals surface area contributed by atoms with E-state index < -0.39 is 5.56 Å². The summed E-state index contributed by atoms with van der Waals surface area (Å²) < 4.78 is 5.34. The Balaban J connectivity index is 1.62. The van der Waals surface area contributed by atoms with Gasteiger partial charge in [-0.3, -0.25) is 9.59 Å². The van der Waals surface area contributed by atoms with Gasteiger partial charge in [-0.05, 0) is 26.7 Å². The lowest BCUT2D eigenvalue weighted by Gasteiger charge is -2.22. The number of aromatic nitrogens is 3. The maximum absolute atomic E-state index is 13.0. The van der Waals surface area contributed by atoms with Crippen LogP contribution in [0.15, 0.2) is 45.8 Å². The van der Waals surface area contributed by atoms with Crippen molar-refractivity contribution < 1.29 is 9.32 Å². The van der Waals surface area contributed by atoms with Crippen LogP contribution in [0.2, 0.25) is 0 Å². The van der Waals surface area contributed by atoms with E-state index in [-0.39, 0.29) is 17.5 Å². The lowest BCUT2D eigenvalue weighted by atomic mass is 10.1. The lowest BCUT2D eigenvalue weighted by Crippen LogP contribution is -2.34. The highest BCUT2D eigenvalue weighted by atomic mass is 16.5. The first kappa shape index (κ1) is 17.2. The van der Waals surface area contributed by atoms with Crippen molar-refractivity contribution in [2.75, 3.05) is 6.54 Å². The molecule has 1 N–H and O–H groups in total. The summed E-state index contributed by atoms with van der Waals surface area (Å²) in [6.45, 7) is 4.40. The van der Waals surface area contributed by atoms with Crippen LogP contribution in [-0.2, 0) is 0 Å². The minimum Gasteiger partial charge on any atom is -0.359 e. The summed E-state index contributed by atoms with van der Waals surface area (Å²) in [5, 5.41) is 3.90. The predicted molar refractivity (Wildman–Crippen MR) is 99.3 cm³/mol. The molecule has 1 amide bonds. The Morgan fingerprint density at radius 2 is 2.04 bits per heavy atom. The van der Waals surface area contributed by atoms with Crippen molar-refractivity contribution in [3.05, 3.63) is 69.5 Å². The number of benzene rings is 1. The Morgan fingerprint density at radius 3 is 2.70 bits per heavy atom. The number of carbonyl (C=O) groups excluding carboxylic acids is 1. The molecule has 0 bridgehead atoms. The van der Waals surface area contributed by atoms with Crippen LogP contribution in [0, 0.1) is 13.8 Å². The zero-order chi connectivity index (χ0) is 19.0. The highest BCUT2D eigenvalue weighted by Crippen LogP contribution is 2.33. The molecule has 0 unspecified atom stereocenters. The van der Waals surface area contributed by atoms with Crippen molar-refractivity contribution in [1.82, 2.24) is 20.0 Å². The molecule has 3 aromatic rings. The number of amides is 1. The van der Waals surface area contributed by atoms with Crippen molar-refractivity contribution in [2.45, 2.75) is 32.7 Å². The van der Waals surface area contributed by atoms with Crippen LogP contribution in [0.1, 0.15) is 46.3 Å². The lowest BCUT2D eigenvalue weighted by molar-refractivity contribution is 0.0712. The van der Waals surface area contributed by atoms with Gasteiger partial charge in [0.05, 0.1) is 11.7 Å². The molecule has 27 heavy (non-hydrogen) atoms. The Labute approximate surface area is 156 Å². The summed E-state index contributed by atoms with van der Waals surface area (Å²) in [4.78, 5) is 34.2. The van der Waals surface area contributed by atoms with Gasteiger partial charge in [0.15, 0.2) is 5.76 Å². The van der Waals surface area contributed by atoms with Crippen LogP contribution in [0.3, 0.4) is 0 Å². The number of nitrogens with one attached hydrogen (secondary N) is 1. The van der Waals surface area contributed by atoms with Crippen molar-refractivity contribution in [3.63, 3.8) is 0 Å². The second-order valence-electron chi connectivity index (χ2n) is 6.87. The minimum absolute atomic E-state index is 0.0361. The maximum atomic E-state index is 13.0. The number of aryl methyl sites for hydroxylation is 2. The fourth-order valence-electron chi connectivity index (χ4n) is 3.41. The number of carbonyl (C=O) groups is 1. The topological polar surface area (TPSA) is 92.1 Å². The molecule has 138 valence electrons. The summed E-state index contributed by atoms with van der Waals surface area (Å²) in [7, 11) is 0. The van der Waals surface area contributed by atoms with Crippen molar-refractivity contribution in [2.24, 2.45) is 0 Å². The molecule has 4 rings (SSSR count). The largest absolute Gasteiger partial charge is 0.359 e. The van der Waals surface area contributed by atoms with Crippen LogP contribution in [0.4, 0.5) is 0 Å². The molecule has 1 aliphatic heterocycles. The van der Waals surface area contributed by atoms with Gasteiger partial charge >= 0.3 is 0 Å². The van der Waals surface area contributed by atoms with E-state index in [0.29, 0.717) is 18.1 Å². The maximum Gasteiger partial charge on any atom is 0.264 e. The summed E-state index contributed by atoms with van der Waals surface area (Å²) in [5.74, 6) is 0.759. The van der Waals surface area contributed by atoms with E-state index in [4.69, 9.17) is 4.52 Å². The van der Waals surface area contributed by atoms with E-state index >= 15 is 0 Å². The molecule has 1 aromatic carbocycles. The van der Waals surface area contributed by atoms with E-state index in [1.807, 2.05) is 44.2 Å². The summed E-state index contributed by atoms with van der Waals surface area (Å²) >= 11 is 0. The van der Waals surface area contributed by atoms with E-state index in [1.165, 1.54) is 6.20 Å². The second-order valence-corrected chi connectivity index (χ2v) is 6.87. The third-order valence-electron chi connectivity index (χ3n) is 4.84. The van der Waals surface area contributed by atoms with Crippen LogP contribution in [0.5, 0.6) is 0 Å². The Morgan fingerprint density at radius 1 is 1.26 bits per heavy atom. The smallest absolute Gasteiger partial charge is 0.264 e. The zero-order valence-corrected chi connectivity index (χ0v) is 15.2. The standard InChI is InChI=1S/C20H20N4O3/c1-12-5-7-14(8-6-12)18-21-11-15(19(25)22-18)20(26)24-9-3-4-16(24)17-10-13(2)23-27-17/h5-8,10-11,16H,3-4,9H2,1-2H3,(H,21,22,25)/t16-/m1/s1. The molecule has 0 saturated carbocycles. The average molecular weight is 364 g/mol. The van der Waals surface area contributed by atoms with Crippen molar-refractivity contribution >= 4 is 5.91 Å². The molecule has 1 fully saturated rings. The molecule has 3 heterocycles. The van der Waals surface area contributed by atoms with Crippen LogP contribution < -0.4 is 5.56 Å². The van der Waals surface area contributed by atoms with E-state index in [9.17, 15) is 9.59 Å². The molecule has 7 nitrogen and oxygen atoms in total. The average Bonchev–Trinajstić information content (AvgIpc) is 3.30. The molecule has 0 radical (unpaired) electrons. The summed E-state index contributed by atoms with van der Waals surface area (Å²) in [5.41, 5.74) is 2.29. The summed E-state index contributed by atoms with van der Waals surface area (Å²) in [6, 6.07) is 9.30. The number of rotatable bonds is 3. The van der Waals surface area contributed by atoms with E-state index in [1.54, 1.807) is 4.90 Å². The normalized spacial score (nSPS) is 16.7. The number of H-pyrrole nitrogens is 1. The number of hydrogen-bond acceptors (Lipinski definition) is 5. The predicted octanol–water partition coefficient (Wildman–Crippen LogP) is 3.02. The molecule has 2 aromatic heterocycles. The van der Waals surface area contributed by atoms with Crippen LogP contribution in [-0.4, -0.2) is 32.5 Å². The van der Waals surface area contributed by atoms with Crippen LogP contribution in [0.25, 0.3) is 11.4 Å².